The second-order valence-corrected chi connectivity index (χ2v) is 6.66. The third-order valence-electron chi connectivity index (χ3n) is 3.96. The van der Waals surface area contributed by atoms with Crippen LogP contribution in [-0.4, -0.2) is 20.3 Å². The fraction of sp³-hybridized carbons (Fsp3) is 0.0500. The van der Waals surface area contributed by atoms with Gasteiger partial charge in [-0.05, 0) is 47.9 Å². The zero-order chi connectivity index (χ0) is 17.8. The normalized spacial score (nSPS) is 11.2. The van der Waals surface area contributed by atoms with Gasteiger partial charge < -0.3 is 5.32 Å². The van der Waals surface area contributed by atoms with Gasteiger partial charge in [0.05, 0.1) is 11.9 Å². The number of thiazole rings is 1. The summed E-state index contributed by atoms with van der Waals surface area (Å²) in [6.45, 7) is 0. The molecule has 0 aliphatic carbocycles. The van der Waals surface area contributed by atoms with Crippen molar-refractivity contribution in [2.75, 3.05) is 5.32 Å². The van der Waals surface area contributed by atoms with Gasteiger partial charge in [0, 0.05) is 35.7 Å². The van der Waals surface area contributed by atoms with E-state index in [0.29, 0.717) is 0 Å². The first-order chi connectivity index (χ1) is 12.8. The summed E-state index contributed by atoms with van der Waals surface area (Å²) in [6.07, 6.45) is 11.4. The molecule has 6 heteroatoms. The van der Waals surface area contributed by atoms with Crippen molar-refractivity contribution in [3.8, 4) is 0 Å². The molecule has 0 aliphatic heterocycles. The number of fused-ring (bicyclic) bond motifs is 1. The van der Waals surface area contributed by atoms with Crippen molar-refractivity contribution < 1.29 is 4.79 Å². The third-order valence-corrected chi connectivity index (χ3v) is 4.73. The molecule has 1 aromatic carbocycles. The largest absolute Gasteiger partial charge is 0.323 e. The van der Waals surface area contributed by atoms with E-state index in [-0.39, 0.29) is 5.91 Å². The van der Waals surface area contributed by atoms with Gasteiger partial charge in [-0.2, -0.15) is 0 Å². The zero-order valence-corrected chi connectivity index (χ0v) is 14.7. The van der Waals surface area contributed by atoms with Crippen LogP contribution in [0.4, 0.5) is 5.69 Å². The molecule has 0 bridgehead atoms. The lowest BCUT2D eigenvalue weighted by Gasteiger charge is -2.05. The van der Waals surface area contributed by atoms with Crippen molar-refractivity contribution >= 4 is 34.0 Å². The van der Waals surface area contributed by atoms with Gasteiger partial charge in [0.15, 0.2) is 4.96 Å². The summed E-state index contributed by atoms with van der Waals surface area (Å²) in [4.78, 5) is 21.3. The van der Waals surface area contributed by atoms with Crippen molar-refractivity contribution in [1.82, 2.24) is 14.4 Å². The Morgan fingerprint density at radius 1 is 1.12 bits per heavy atom. The standard InChI is InChI=1S/C20H16N4OS/c25-19(6-5-18-14-22-20-24(18)11-12-26-20)23-17-3-1-15(2-4-17)13-16-7-9-21-10-8-16/h1-12,14H,13H2,(H,23,25)/b6-5+. The van der Waals surface area contributed by atoms with Crippen molar-refractivity contribution in [3.05, 3.63) is 89.5 Å². The summed E-state index contributed by atoms with van der Waals surface area (Å²) in [6, 6.07) is 11.9. The lowest BCUT2D eigenvalue weighted by Crippen LogP contribution is -2.07. The van der Waals surface area contributed by atoms with E-state index < -0.39 is 0 Å². The minimum absolute atomic E-state index is 0.169. The van der Waals surface area contributed by atoms with Gasteiger partial charge >= 0.3 is 0 Å². The third kappa shape index (κ3) is 3.70. The molecular weight excluding hydrogens is 344 g/mol. The predicted octanol–water partition coefficient (Wildman–Crippen LogP) is 4.03. The number of hydrogen-bond donors (Lipinski definition) is 1. The molecule has 5 nitrogen and oxygen atoms in total. The monoisotopic (exact) mass is 360 g/mol. The molecule has 0 saturated heterocycles. The first-order valence-corrected chi connectivity index (χ1v) is 9.03. The average molecular weight is 360 g/mol. The summed E-state index contributed by atoms with van der Waals surface area (Å²) in [7, 11) is 0. The lowest BCUT2D eigenvalue weighted by atomic mass is 10.1. The summed E-state index contributed by atoms with van der Waals surface area (Å²) in [5.41, 5.74) is 4.04. The van der Waals surface area contributed by atoms with Crippen LogP contribution in [0, 0.1) is 0 Å². The molecule has 3 heterocycles. The SMILES string of the molecule is O=C(/C=C/c1cnc2sccn12)Nc1ccc(Cc2ccncc2)cc1. The van der Waals surface area contributed by atoms with Crippen LogP contribution in [0.5, 0.6) is 0 Å². The predicted molar refractivity (Wildman–Crippen MR) is 104 cm³/mol. The molecule has 0 atom stereocenters. The van der Waals surface area contributed by atoms with Crippen LogP contribution in [0.2, 0.25) is 0 Å². The van der Waals surface area contributed by atoms with Gasteiger partial charge in [-0.3, -0.25) is 14.2 Å². The van der Waals surface area contributed by atoms with Gasteiger partial charge in [0.1, 0.15) is 0 Å². The fourth-order valence-corrected chi connectivity index (χ4v) is 3.35. The Kier molecular flexibility index (Phi) is 4.57. The molecule has 4 rings (SSSR count). The number of nitrogens with zero attached hydrogens (tertiary/aromatic N) is 3. The number of pyridine rings is 1. The van der Waals surface area contributed by atoms with E-state index in [9.17, 15) is 4.79 Å². The highest BCUT2D eigenvalue weighted by atomic mass is 32.1. The van der Waals surface area contributed by atoms with Crippen LogP contribution < -0.4 is 5.32 Å². The van der Waals surface area contributed by atoms with E-state index in [1.54, 1.807) is 36.0 Å². The average Bonchev–Trinajstić information content (AvgIpc) is 3.27. The number of carbonyl (C=O) groups excluding carboxylic acids is 1. The van der Waals surface area contributed by atoms with Crippen molar-refractivity contribution in [2.24, 2.45) is 0 Å². The summed E-state index contributed by atoms with van der Waals surface area (Å²) < 4.78 is 1.95. The maximum Gasteiger partial charge on any atom is 0.248 e. The molecule has 0 fully saturated rings. The van der Waals surface area contributed by atoms with E-state index in [4.69, 9.17) is 0 Å². The van der Waals surface area contributed by atoms with E-state index in [1.165, 1.54) is 17.2 Å². The molecular formula is C20H16N4OS. The molecule has 1 N–H and O–H groups in total. The summed E-state index contributed by atoms with van der Waals surface area (Å²) in [5, 5.41) is 4.84. The zero-order valence-electron chi connectivity index (χ0n) is 13.9. The Hall–Kier alpha value is -3.25. The van der Waals surface area contributed by atoms with Gasteiger partial charge in [0.2, 0.25) is 5.91 Å². The first kappa shape index (κ1) is 16.2. The van der Waals surface area contributed by atoms with Crippen LogP contribution in [0.15, 0.2) is 72.6 Å². The van der Waals surface area contributed by atoms with E-state index in [0.717, 1.165) is 22.8 Å². The van der Waals surface area contributed by atoms with Gasteiger partial charge in [0.25, 0.3) is 0 Å². The molecule has 0 spiro atoms. The molecule has 0 radical (unpaired) electrons. The Bertz CT molecular complexity index is 1050. The number of benzene rings is 1. The number of amides is 1. The number of aromatic nitrogens is 3. The number of carbonyl (C=O) groups is 1. The van der Waals surface area contributed by atoms with Crippen LogP contribution >= 0.6 is 11.3 Å². The van der Waals surface area contributed by atoms with Gasteiger partial charge in [-0.25, -0.2) is 4.98 Å². The molecule has 128 valence electrons. The molecule has 3 aromatic heterocycles. The molecule has 1 amide bonds. The first-order valence-electron chi connectivity index (χ1n) is 8.15. The topological polar surface area (TPSA) is 59.3 Å². The summed E-state index contributed by atoms with van der Waals surface area (Å²) >= 11 is 1.56. The highest BCUT2D eigenvalue weighted by Crippen LogP contribution is 2.15. The molecule has 0 aliphatic rings. The maximum absolute atomic E-state index is 12.1. The lowest BCUT2D eigenvalue weighted by molar-refractivity contribution is -0.111. The van der Waals surface area contributed by atoms with E-state index >= 15 is 0 Å². The quantitative estimate of drug-likeness (QED) is 0.547. The van der Waals surface area contributed by atoms with E-state index in [1.807, 2.05) is 52.4 Å². The maximum atomic E-state index is 12.1. The molecule has 4 aromatic rings. The van der Waals surface area contributed by atoms with Crippen LogP contribution in [0.3, 0.4) is 0 Å². The van der Waals surface area contributed by atoms with Crippen molar-refractivity contribution in [2.45, 2.75) is 6.42 Å². The second-order valence-electron chi connectivity index (χ2n) is 5.79. The number of rotatable bonds is 5. The van der Waals surface area contributed by atoms with Gasteiger partial charge in [-0.1, -0.05) is 12.1 Å². The Morgan fingerprint density at radius 3 is 2.69 bits per heavy atom. The van der Waals surface area contributed by atoms with Crippen molar-refractivity contribution in [3.63, 3.8) is 0 Å². The molecule has 0 unspecified atom stereocenters. The minimum Gasteiger partial charge on any atom is -0.323 e. The van der Waals surface area contributed by atoms with Crippen LogP contribution in [0.25, 0.3) is 11.0 Å². The van der Waals surface area contributed by atoms with Crippen LogP contribution in [-0.2, 0) is 11.2 Å². The highest BCUT2D eigenvalue weighted by Gasteiger charge is 2.03. The van der Waals surface area contributed by atoms with Crippen LogP contribution in [0.1, 0.15) is 16.8 Å². The smallest absolute Gasteiger partial charge is 0.248 e. The Morgan fingerprint density at radius 2 is 1.88 bits per heavy atom. The Labute approximate surface area is 154 Å². The number of hydrogen-bond acceptors (Lipinski definition) is 4. The molecule has 0 saturated carbocycles. The van der Waals surface area contributed by atoms with Crippen molar-refractivity contribution in [1.29, 1.82) is 0 Å². The number of nitrogens with one attached hydrogen (secondary N) is 1. The Balaban J connectivity index is 1.38. The minimum atomic E-state index is -0.169. The second kappa shape index (κ2) is 7.33. The molecule has 26 heavy (non-hydrogen) atoms. The highest BCUT2D eigenvalue weighted by molar-refractivity contribution is 7.15. The van der Waals surface area contributed by atoms with Gasteiger partial charge in [-0.15, -0.1) is 11.3 Å². The number of imidazole rings is 1. The fourth-order valence-electron chi connectivity index (χ4n) is 2.66. The summed E-state index contributed by atoms with van der Waals surface area (Å²) in [5.74, 6) is -0.169. The van der Waals surface area contributed by atoms with E-state index in [2.05, 4.69) is 15.3 Å². The number of anilines is 1.